The molecule has 0 bridgehead atoms. The molecule has 2 aliphatic rings. The standard InChI is InChI=1S/C10H18N4O2/c1-2-13(8-5-11-6-8)7-9(15)14-4-3-12-10(14)16/h8,11H,2-7H2,1H3,(H,12,16). The summed E-state index contributed by atoms with van der Waals surface area (Å²) in [4.78, 5) is 26.6. The van der Waals surface area contributed by atoms with Crippen LogP contribution >= 0.6 is 0 Å². The minimum Gasteiger partial charge on any atom is -0.336 e. The second kappa shape index (κ2) is 4.80. The van der Waals surface area contributed by atoms with E-state index in [-0.39, 0.29) is 11.9 Å². The number of nitrogens with one attached hydrogen (secondary N) is 2. The van der Waals surface area contributed by atoms with Gasteiger partial charge in [-0.25, -0.2) is 4.79 Å². The van der Waals surface area contributed by atoms with Crippen LogP contribution < -0.4 is 10.6 Å². The van der Waals surface area contributed by atoms with E-state index in [1.54, 1.807) is 0 Å². The van der Waals surface area contributed by atoms with Gasteiger partial charge in [0.25, 0.3) is 0 Å². The predicted molar refractivity (Wildman–Crippen MR) is 59.0 cm³/mol. The zero-order chi connectivity index (χ0) is 11.5. The van der Waals surface area contributed by atoms with Gasteiger partial charge in [0.15, 0.2) is 0 Å². The quantitative estimate of drug-likeness (QED) is 0.634. The molecule has 2 aliphatic heterocycles. The molecule has 2 saturated heterocycles. The third-order valence-corrected chi connectivity index (χ3v) is 3.18. The molecule has 3 amide bonds. The van der Waals surface area contributed by atoms with Gasteiger partial charge in [-0.15, -0.1) is 0 Å². The Morgan fingerprint density at radius 3 is 2.75 bits per heavy atom. The van der Waals surface area contributed by atoms with Gasteiger partial charge < -0.3 is 10.6 Å². The maximum absolute atomic E-state index is 11.9. The van der Waals surface area contributed by atoms with Gasteiger partial charge in [-0.1, -0.05) is 6.92 Å². The number of rotatable bonds is 4. The molecule has 0 atom stereocenters. The van der Waals surface area contributed by atoms with Gasteiger partial charge >= 0.3 is 6.03 Å². The fourth-order valence-corrected chi connectivity index (χ4v) is 2.00. The van der Waals surface area contributed by atoms with Crippen molar-refractivity contribution in [2.75, 3.05) is 39.3 Å². The van der Waals surface area contributed by atoms with Crippen molar-refractivity contribution in [3.63, 3.8) is 0 Å². The van der Waals surface area contributed by atoms with Crippen molar-refractivity contribution in [3.05, 3.63) is 0 Å². The van der Waals surface area contributed by atoms with Crippen LogP contribution in [0.15, 0.2) is 0 Å². The molecule has 16 heavy (non-hydrogen) atoms. The molecular formula is C10H18N4O2. The van der Waals surface area contributed by atoms with Crippen LogP contribution in [0.25, 0.3) is 0 Å². The summed E-state index contributed by atoms with van der Waals surface area (Å²) in [6.07, 6.45) is 0. The van der Waals surface area contributed by atoms with Crippen molar-refractivity contribution in [1.29, 1.82) is 0 Å². The maximum Gasteiger partial charge on any atom is 0.324 e. The van der Waals surface area contributed by atoms with Crippen LogP contribution in [0, 0.1) is 0 Å². The summed E-state index contributed by atoms with van der Waals surface area (Å²) < 4.78 is 0. The first-order chi connectivity index (χ1) is 7.72. The average Bonchev–Trinajstić information content (AvgIpc) is 2.60. The molecule has 6 nitrogen and oxygen atoms in total. The predicted octanol–water partition coefficient (Wildman–Crippen LogP) is -1.17. The zero-order valence-corrected chi connectivity index (χ0v) is 9.53. The van der Waals surface area contributed by atoms with Crippen molar-refractivity contribution in [2.45, 2.75) is 13.0 Å². The number of carbonyl (C=O) groups is 2. The first-order valence-electron chi connectivity index (χ1n) is 5.75. The van der Waals surface area contributed by atoms with Crippen molar-refractivity contribution in [1.82, 2.24) is 20.4 Å². The number of imide groups is 1. The Labute approximate surface area is 95.0 Å². The van der Waals surface area contributed by atoms with Crippen LogP contribution in [0.3, 0.4) is 0 Å². The minimum atomic E-state index is -0.257. The molecule has 0 unspecified atom stereocenters. The lowest BCUT2D eigenvalue weighted by molar-refractivity contribution is -0.129. The lowest BCUT2D eigenvalue weighted by Crippen LogP contribution is -2.59. The second-order valence-electron chi connectivity index (χ2n) is 4.15. The summed E-state index contributed by atoms with van der Waals surface area (Å²) in [7, 11) is 0. The lowest BCUT2D eigenvalue weighted by Gasteiger charge is -2.37. The highest BCUT2D eigenvalue weighted by atomic mass is 16.2. The fraction of sp³-hybridized carbons (Fsp3) is 0.800. The third kappa shape index (κ3) is 2.17. The van der Waals surface area contributed by atoms with E-state index in [0.717, 1.165) is 19.6 Å². The number of nitrogens with zero attached hydrogens (tertiary/aromatic N) is 2. The minimum absolute atomic E-state index is 0.0937. The monoisotopic (exact) mass is 226 g/mol. The van der Waals surface area contributed by atoms with Crippen LogP contribution in [0.1, 0.15) is 6.92 Å². The van der Waals surface area contributed by atoms with E-state index in [9.17, 15) is 9.59 Å². The summed E-state index contributed by atoms with van der Waals surface area (Å²) in [5.74, 6) is -0.0937. The molecule has 0 aromatic carbocycles. The zero-order valence-electron chi connectivity index (χ0n) is 9.53. The molecule has 2 N–H and O–H groups in total. The number of hydrogen-bond donors (Lipinski definition) is 2. The molecule has 0 aromatic rings. The van der Waals surface area contributed by atoms with Gasteiger partial charge in [0.1, 0.15) is 0 Å². The molecule has 90 valence electrons. The Bertz CT molecular complexity index is 291. The second-order valence-corrected chi connectivity index (χ2v) is 4.15. The SMILES string of the molecule is CCN(CC(=O)N1CCNC1=O)C1CNC1. The van der Waals surface area contributed by atoms with Gasteiger partial charge in [-0.2, -0.15) is 0 Å². The molecule has 2 fully saturated rings. The highest BCUT2D eigenvalue weighted by Crippen LogP contribution is 2.06. The van der Waals surface area contributed by atoms with E-state index >= 15 is 0 Å². The van der Waals surface area contributed by atoms with Gasteiger partial charge in [0.05, 0.1) is 6.54 Å². The van der Waals surface area contributed by atoms with E-state index in [0.29, 0.717) is 25.7 Å². The Hall–Kier alpha value is -1.14. The highest BCUT2D eigenvalue weighted by Gasteiger charge is 2.30. The smallest absolute Gasteiger partial charge is 0.324 e. The normalized spacial score (nSPS) is 21.1. The number of urea groups is 1. The fourth-order valence-electron chi connectivity index (χ4n) is 2.00. The summed E-state index contributed by atoms with van der Waals surface area (Å²) >= 11 is 0. The maximum atomic E-state index is 11.9. The van der Waals surface area contributed by atoms with Crippen LogP contribution in [-0.4, -0.2) is 67.0 Å². The Morgan fingerprint density at radius 1 is 1.56 bits per heavy atom. The molecule has 0 spiro atoms. The Kier molecular flexibility index (Phi) is 3.40. The number of likely N-dealkylation sites (N-methyl/N-ethyl adjacent to an activating group) is 1. The van der Waals surface area contributed by atoms with Crippen molar-refractivity contribution >= 4 is 11.9 Å². The Balaban J connectivity index is 1.87. The number of amides is 3. The molecule has 0 saturated carbocycles. The molecule has 0 aliphatic carbocycles. The van der Waals surface area contributed by atoms with Crippen LogP contribution in [-0.2, 0) is 4.79 Å². The van der Waals surface area contributed by atoms with Crippen molar-refractivity contribution in [3.8, 4) is 0 Å². The molecule has 2 heterocycles. The van der Waals surface area contributed by atoms with E-state index in [1.807, 2.05) is 6.92 Å². The van der Waals surface area contributed by atoms with E-state index in [2.05, 4.69) is 15.5 Å². The van der Waals surface area contributed by atoms with Gasteiger partial charge in [-0.3, -0.25) is 14.6 Å². The lowest BCUT2D eigenvalue weighted by atomic mass is 10.1. The van der Waals surface area contributed by atoms with E-state index in [4.69, 9.17) is 0 Å². The summed E-state index contributed by atoms with van der Waals surface area (Å²) in [5, 5.41) is 5.82. The van der Waals surface area contributed by atoms with Crippen LogP contribution in [0.5, 0.6) is 0 Å². The molecular weight excluding hydrogens is 208 g/mol. The first-order valence-corrected chi connectivity index (χ1v) is 5.75. The molecule has 0 aromatic heterocycles. The largest absolute Gasteiger partial charge is 0.336 e. The summed E-state index contributed by atoms with van der Waals surface area (Å²) in [6, 6.07) is 0.187. The molecule has 6 heteroatoms. The van der Waals surface area contributed by atoms with E-state index in [1.165, 1.54) is 4.90 Å². The molecule has 2 rings (SSSR count). The first kappa shape index (κ1) is 11.3. The van der Waals surface area contributed by atoms with Gasteiger partial charge in [-0.05, 0) is 6.54 Å². The third-order valence-electron chi connectivity index (χ3n) is 3.18. The van der Waals surface area contributed by atoms with Crippen LogP contribution in [0.2, 0.25) is 0 Å². The number of carbonyl (C=O) groups excluding carboxylic acids is 2. The van der Waals surface area contributed by atoms with Gasteiger partial charge in [0.2, 0.25) is 5.91 Å². The number of hydrogen-bond acceptors (Lipinski definition) is 4. The summed E-state index contributed by atoms with van der Waals surface area (Å²) in [5.41, 5.74) is 0. The Morgan fingerprint density at radius 2 is 2.31 bits per heavy atom. The van der Waals surface area contributed by atoms with Crippen molar-refractivity contribution in [2.24, 2.45) is 0 Å². The molecule has 0 radical (unpaired) electrons. The van der Waals surface area contributed by atoms with Gasteiger partial charge in [0, 0.05) is 32.2 Å². The highest BCUT2D eigenvalue weighted by molar-refractivity contribution is 5.96. The average molecular weight is 226 g/mol. The topological polar surface area (TPSA) is 64.7 Å². The van der Waals surface area contributed by atoms with Crippen LogP contribution in [0.4, 0.5) is 4.79 Å². The summed E-state index contributed by atoms with van der Waals surface area (Å²) in [6.45, 7) is 6.17. The van der Waals surface area contributed by atoms with Crippen molar-refractivity contribution < 1.29 is 9.59 Å². The van der Waals surface area contributed by atoms with E-state index < -0.39 is 0 Å².